The number of hydrogen-bond donors (Lipinski definition) is 0. The molecule has 2 aromatic rings. The number of nitrogens with zero attached hydrogens (tertiary/aromatic N) is 1. The van der Waals surface area contributed by atoms with Gasteiger partial charge in [-0.1, -0.05) is 61.5 Å². The van der Waals surface area contributed by atoms with E-state index in [1.165, 1.54) is 46.1 Å². The van der Waals surface area contributed by atoms with Crippen LogP contribution in [-0.4, -0.2) is 16.2 Å². The van der Waals surface area contributed by atoms with Crippen molar-refractivity contribution < 1.29 is 4.28 Å². The first-order valence-corrected chi connectivity index (χ1v) is 10.7. The monoisotopic (exact) mass is 369 g/mol. The minimum Gasteiger partial charge on any atom is -0.321 e. The Morgan fingerprint density at radius 1 is 1.08 bits per heavy atom. The molecule has 1 heterocycles. The summed E-state index contributed by atoms with van der Waals surface area (Å²) in [4.78, 5) is 1.32. The van der Waals surface area contributed by atoms with Gasteiger partial charge in [-0.05, 0) is 35.6 Å². The van der Waals surface area contributed by atoms with Crippen molar-refractivity contribution in [2.45, 2.75) is 48.5 Å². The third-order valence-corrected chi connectivity index (χ3v) is 6.83. The molecule has 25 heavy (non-hydrogen) atoms. The predicted molar refractivity (Wildman–Crippen MR) is 110 cm³/mol. The summed E-state index contributed by atoms with van der Waals surface area (Å²) in [6.07, 6.45) is 7.90. The van der Waals surface area contributed by atoms with Gasteiger partial charge >= 0.3 is 0 Å². The van der Waals surface area contributed by atoms with Crippen molar-refractivity contribution in [1.29, 1.82) is 0 Å². The fraction of sp³-hybridized carbons (Fsp3) is 0.381. The lowest BCUT2D eigenvalue weighted by Crippen LogP contribution is -2.16. The Morgan fingerprint density at radius 2 is 1.96 bits per heavy atom. The maximum absolute atomic E-state index is 5.75. The zero-order chi connectivity index (χ0) is 17.2. The van der Waals surface area contributed by atoms with E-state index in [1.807, 2.05) is 11.8 Å². The summed E-state index contributed by atoms with van der Waals surface area (Å²) >= 11 is 3.43. The predicted octanol–water partition coefficient (Wildman–Crippen LogP) is 6.45. The summed E-state index contributed by atoms with van der Waals surface area (Å²) in [5.41, 5.74) is 2.34. The van der Waals surface area contributed by atoms with Gasteiger partial charge in [0, 0.05) is 22.1 Å². The van der Waals surface area contributed by atoms with Crippen molar-refractivity contribution in [1.82, 2.24) is 0 Å². The van der Waals surface area contributed by atoms with E-state index in [4.69, 9.17) is 4.28 Å². The van der Waals surface area contributed by atoms with Crippen molar-refractivity contribution in [2.75, 3.05) is 0 Å². The third kappa shape index (κ3) is 3.75. The van der Waals surface area contributed by atoms with Gasteiger partial charge in [-0.25, -0.2) is 0 Å². The smallest absolute Gasteiger partial charge is 0.0952 e. The lowest BCUT2D eigenvalue weighted by molar-refractivity contribution is 0.398. The minimum absolute atomic E-state index is 0.419. The van der Waals surface area contributed by atoms with Crippen LogP contribution in [0.1, 0.15) is 38.7 Å². The normalized spacial score (nSPS) is 27.4. The van der Waals surface area contributed by atoms with Gasteiger partial charge in [0.1, 0.15) is 0 Å². The van der Waals surface area contributed by atoms with Gasteiger partial charge in [0.05, 0.1) is 23.0 Å². The Labute approximate surface area is 158 Å². The molecule has 0 saturated carbocycles. The van der Waals surface area contributed by atoms with E-state index in [1.54, 1.807) is 0 Å². The molecule has 0 N–H and O–H groups in total. The molecule has 2 aromatic carbocycles. The van der Waals surface area contributed by atoms with Crippen LogP contribution in [0.15, 0.2) is 58.6 Å². The average Bonchev–Trinajstić information content (AvgIpc) is 2.62. The number of rotatable bonds is 3. The Kier molecular flexibility index (Phi) is 5.09. The van der Waals surface area contributed by atoms with E-state index in [9.17, 15) is 0 Å². The number of benzene rings is 2. The van der Waals surface area contributed by atoms with E-state index in [0.29, 0.717) is 16.4 Å². The zero-order valence-corrected chi connectivity index (χ0v) is 16.3. The summed E-state index contributed by atoms with van der Waals surface area (Å²) < 4.78 is 5.75. The Bertz CT molecular complexity index is 830. The van der Waals surface area contributed by atoms with E-state index in [2.05, 4.69) is 67.6 Å². The van der Waals surface area contributed by atoms with Crippen LogP contribution in [-0.2, 0) is 4.28 Å². The molecule has 130 valence electrons. The molecule has 0 aromatic heterocycles. The van der Waals surface area contributed by atoms with Crippen molar-refractivity contribution in [3.8, 4) is 0 Å². The van der Waals surface area contributed by atoms with Gasteiger partial charge in [-0.3, -0.25) is 0 Å². The minimum atomic E-state index is 0.419. The highest BCUT2D eigenvalue weighted by Crippen LogP contribution is 2.39. The first-order chi connectivity index (χ1) is 12.2. The Hall–Kier alpha value is -1.39. The van der Waals surface area contributed by atoms with Crippen LogP contribution in [0.2, 0.25) is 0 Å². The molecule has 0 fully saturated rings. The van der Waals surface area contributed by atoms with Crippen LogP contribution in [0.5, 0.6) is 0 Å². The van der Waals surface area contributed by atoms with Crippen LogP contribution in [0, 0.1) is 5.92 Å². The molecule has 1 aliphatic carbocycles. The van der Waals surface area contributed by atoms with Crippen LogP contribution < -0.4 is 0 Å². The first kappa shape index (κ1) is 17.0. The van der Waals surface area contributed by atoms with Crippen molar-refractivity contribution in [3.05, 3.63) is 54.1 Å². The topological polar surface area (TPSA) is 21.6 Å². The summed E-state index contributed by atoms with van der Waals surface area (Å²) in [5.74, 6) is 0.692. The highest BCUT2D eigenvalue weighted by molar-refractivity contribution is 8.00. The lowest BCUT2D eigenvalue weighted by atomic mass is 9.98. The molecule has 3 unspecified atom stereocenters. The van der Waals surface area contributed by atoms with E-state index in [-0.39, 0.29) is 0 Å². The number of hydrogen-bond acceptors (Lipinski definition) is 4. The molecule has 0 amide bonds. The number of fused-ring (bicyclic) bond motifs is 3. The van der Waals surface area contributed by atoms with E-state index >= 15 is 0 Å². The molecule has 2 nitrogen and oxygen atoms in total. The van der Waals surface area contributed by atoms with E-state index in [0.717, 1.165) is 12.1 Å². The van der Waals surface area contributed by atoms with Gasteiger partial charge in [-0.15, -0.1) is 11.8 Å². The van der Waals surface area contributed by atoms with Crippen LogP contribution in [0.4, 0.5) is 0 Å². The van der Waals surface area contributed by atoms with Crippen molar-refractivity contribution >= 4 is 40.3 Å². The molecule has 4 heteroatoms. The molecule has 1 aliphatic heterocycles. The van der Waals surface area contributed by atoms with Gasteiger partial charge in [0.15, 0.2) is 0 Å². The molecule has 3 atom stereocenters. The number of oxime groups is 1. The summed E-state index contributed by atoms with van der Waals surface area (Å²) in [6.45, 7) is 4.53. The van der Waals surface area contributed by atoms with Crippen molar-refractivity contribution in [2.24, 2.45) is 11.1 Å². The Morgan fingerprint density at radius 3 is 2.80 bits per heavy atom. The Balaban J connectivity index is 1.60. The van der Waals surface area contributed by atoms with Crippen LogP contribution >= 0.6 is 23.8 Å². The van der Waals surface area contributed by atoms with Crippen LogP contribution in [0.25, 0.3) is 10.8 Å². The molecule has 0 saturated heterocycles. The number of allylic oxidation sites excluding steroid dienone is 1. The maximum atomic E-state index is 5.75. The third-order valence-electron chi connectivity index (χ3n) is 4.86. The molecule has 0 spiro atoms. The average molecular weight is 370 g/mol. The highest BCUT2D eigenvalue weighted by atomic mass is 32.2. The zero-order valence-electron chi connectivity index (χ0n) is 14.6. The standard InChI is InChI=1S/C21H23NOS2/c1-14-7-10-17(11-8-14)25-23-22-19-13-15(2)24-20-12-9-16-5-3-4-6-18(16)21(19)20/h3-7,9-10,12,14-15,17H,8,11,13H2,1-2H3/b22-19+. The maximum Gasteiger partial charge on any atom is 0.0952 e. The molecule has 0 radical (unpaired) electrons. The van der Waals surface area contributed by atoms with Gasteiger partial charge in [0.2, 0.25) is 0 Å². The number of thioether (sulfide) groups is 1. The highest BCUT2D eigenvalue weighted by Gasteiger charge is 2.24. The fourth-order valence-corrected chi connectivity index (χ4v) is 5.30. The van der Waals surface area contributed by atoms with Gasteiger partial charge < -0.3 is 4.28 Å². The summed E-state index contributed by atoms with van der Waals surface area (Å²) in [6, 6.07) is 13.0. The summed E-state index contributed by atoms with van der Waals surface area (Å²) in [5, 5.41) is 8.06. The molecule has 2 aliphatic rings. The fourth-order valence-electron chi connectivity index (χ4n) is 3.50. The second-order valence-electron chi connectivity index (χ2n) is 6.98. The largest absolute Gasteiger partial charge is 0.321 e. The van der Waals surface area contributed by atoms with Gasteiger partial charge in [-0.2, -0.15) is 0 Å². The molecular formula is C21H23NOS2. The SMILES string of the molecule is CC1C=CC(SO/N=C2\CC(C)Sc3ccc4ccccc4c32)CC1. The first-order valence-electron chi connectivity index (χ1n) is 8.97. The summed E-state index contributed by atoms with van der Waals surface area (Å²) in [7, 11) is 0. The van der Waals surface area contributed by atoms with E-state index < -0.39 is 0 Å². The van der Waals surface area contributed by atoms with Gasteiger partial charge in [0.25, 0.3) is 0 Å². The lowest BCUT2D eigenvalue weighted by Gasteiger charge is -2.24. The quantitative estimate of drug-likeness (QED) is 0.352. The molecule has 0 bridgehead atoms. The molecule has 4 rings (SSSR count). The van der Waals surface area contributed by atoms with Crippen molar-refractivity contribution in [3.63, 3.8) is 0 Å². The molecular weight excluding hydrogens is 346 g/mol. The second kappa shape index (κ2) is 7.46. The van der Waals surface area contributed by atoms with Crippen LogP contribution in [0.3, 0.4) is 0 Å². The second-order valence-corrected chi connectivity index (χ2v) is 9.41.